The molecular weight excluding hydrogens is 204 g/mol. The fraction of sp³-hybridized carbons (Fsp3) is 0.917. The Labute approximate surface area is 99.1 Å². The third-order valence-corrected chi connectivity index (χ3v) is 2.16. The van der Waals surface area contributed by atoms with E-state index in [9.17, 15) is 4.79 Å². The lowest BCUT2D eigenvalue weighted by molar-refractivity contribution is -0.122. The van der Waals surface area contributed by atoms with E-state index in [1.807, 2.05) is 20.8 Å². The lowest BCUT2D eigenvalue weighted by Crippen LogP contribution is -2.42. The van der Waals surface area contributed by atoms with Crippen molar-refractivity contribution < 1.29 is 9.53 Å². The highest BCUT2D eigenvalue weighted by molar-refractivity contribution is 5.76. The molecule has 0 aromatic carbocycles. The molecule has 1 amide bonds. The van der Waals surface area contributed by atoms with Crippen LogP contribution in [0.25, 0.3) is 0 Å². The average Bonchev–Trinajstić information content (AvgIpc) is 2.13. The van der Waals surface area contributed by atoms with E-state index < -0.39 is 0 Å². The van der Waals surface area contributed by atoms with E-state index >= 15 is 0 Å². The van der Waals surface area contributed by atoms with Crippen LogP contribution in [-0.4, -0.2) is 37.7 Å². The maximum absolute atomic E-state index is 11.5. The van der Waals surface area contributed by atoms with Gasteiger partial charge in [0.2, 0.25) is 5.91 Å². The molecule has 0 aliphatic carbocycles. The number of carbonyl (C=O) groups excluding carboxylic acids is 1. The fourth-order valence-corrected chi connectivity index (χ4v) is 1.39. The quantitative estimate of drug-likeness (QED) is 0.693. The molecule has 0 saturated heterocycles. The van der Waals surface area contributed by atoms with Gasteiger partial charge in [0.25, 0.3) is 0 Å². The Morgan fingerprint density at radius 1 is 1.38 bits per heavy atom. The summed E-state index contributed by atoms with van der Waals surface area (Å²) in [6.45, 7) is 9.45. The van der Waals surface area contributed by atoms with E-state index in [4.69, 9.17) is 4.74 Å². The summed E-state index contributed by atoms with van der Waals surface area (Å²) < 4.78 is 5.07. The highest BCUT2D eigenvalue weighted by atomic mass is 16.5. The lowest BCUT2D eigenvalue weighted by Gasteiger charge is -2.21. The van der Waals surface area contributed by atoms with Crippen LogP contribution in [0.1, 0.15) is 40.5 Å². The normalized spacial score (nSPS) is 13.6. The van der Waals surface area contributed by atoms with Crippen molar-refractivity contribution in [3.8, 4) is 0 Å². The van der Waals surface area contributed by atoms with Crippen LogP contribution in [0.3, 0.4) is 0 Å². The average molecular weight is 230 g/mol. The molecule has 0 aliphatic heterocycles. The van der Waals surface area contributed by atoms with Gasteiger partial charge >= 0.3 is 0 Å². The summed E-state index contributed by atoms with van der Waals surface area (Å²) in [5.41, 5.74) is -0.145. The maximum Gasteiger partial charge on any atom is 0.221 e. The van der Waals surface area contributed by atoms with Gasteiger partial charge in [-0.1, -0.05) is 6.92 Å². The Kier molecular flexibility index (Phi) is 7.34. The summed E-state index contributed by atoms with van der Waals surface area (Å²) in [6.07, 6.45) is 1.52. The van der Waals surface area contributed by atoms with Crippen molar-refractivity contribution in [1.29, 1.82) is 0 Å². The van der Waals surface area contributed by atoms with Crippen LogP contribution in [0, 0.1) is 0 Å². The Bertz CT molecular complexity index is 200. The molecule has 96 valence electrons. The van der Waals surface area contributed by atoms with Crippen molar-refractivity contribution in [2.45, 2.75) is 52.1 Å². The zero-order valence-electron chi connectivity index (χ0n) is 11.2. The predicted octanol–water partition coefficient (Wildman–Crippen LogP) is 1.31. The van der Waals surface area contributed by atoms with E-state index in [0.29, 0.717) is 25.6 Å². The van der Waals surface area contributed by atoms with Gasteiger partial charge in [-0.05, 0) is 27.2 Å². The van der Waals surface area contributed by atoms with Crippen molar-refractivity contribution in [2.75, 3.05) is 20.3 Å². The highest BCUT2D eigenvalue weighted by Gasteiger charge is 2.13. The molecule has 16 heavy (non-hydrogen) atoms. The largest absolute Gasteiger partial charge is 0.383 e. The Morgan fingerprint density at radius 2 is 2.00 bits per heavy atom. The number of hydrogen-bond acceptors (Lipinski definition) is 3. The van der Waals surface area contributed by atoms with Gasteiger partial charge in [0, 0.05) is 31.7 Å². The zero-order chi connectivity index (χ0) is 12.6. The third-order valence-electron chi connectivity index (χ3n) is 2.16. The molecule has 0 aromatic rings. The number of hydrogen-bond donors (Lipinski definition) is 2. The number of amides is 1. The van der Waals surface area contributed by atoms with Crippen molar-refractivity contribution in [2.24, 2.45) is 0 Å². The highest BCUT2D eigenvalue weighted by Crippen LogP contribution is 1.99. The molecule has 0 spiro atoms. The topological polar surface area (TPSA) is 50.4 Å². The van der Waals surface area contributed by atoms with Crippen LogP contribution in [0.4, 0.5) is 0 Å². The standard InChI is InChI=1S/C12H26N2O2/c1-6-10(9-16-5)13-8-7-11(15)14-12(2,3)4/h10,13H,6-9H2,1-5H3,(H,14,15). The second-order valence-corrected chi connectivity index (χ2v) is 5.06. The minimum Gasteiger partial charge on any atom is -0.383 e. The number of carbonyl (C=O) groups is 1. The molecule has 0 heterocycles. The van der Waals surface area contributed by atoms with Crippen molar-refractivity contribution in [1.82, 2.24) is 10.6 Å². The first kappa shape index (κ1) is 15.4. The van der Waals surface area contributed by atoms with Crippen molar-refractivity contribution in [3.63, 3.8) is 0 Å². The van der Waals surface area contributed by atoms with Crippen LogP contribution in [0.15, 0.2) is 0 Å². The maximum atomic E-state index is 11.5. The Balaban J connectivity index is 3.68. The summed E-state index contributed by atoms with van der Waals surface area (Å²) in [5, 5.41) is 6.23. The van der Waals surface area contributed by atoms with E-state index in [-0.39, 0.29) is 11.4 Å². The Hall–Kier alpha value is -0.610. The first-order chi connectivity index (χ1) is 7.39. The third kappa shape index (κ3) is 8.68. The number of nitrogens with one attached hydrogen (secondary N) is 2. The summed E-state index contributed by atoms with van der Waals surface area (Å²) in [7, 11) is 1.69. The van der Waals surface area contributed by atoms with E-state index in [2.05, 4.69) is 17.6 Å². The molecule has 0 aromatic heterocycles. The van der Waals surface area contributed by atoms with E-state index in [1.165, 1.54) is 0 Å². The molecule has 0 bridgehead atoms. The minimum atomic E-state index is -0.145. The molecule has 1 unspecified atom stereocenters. The summed E-state index contributed by atoms with van der Waals surface area (Å²) >= 11 is 0. The van der Waals surface area contributed by atoms with Gasteiger partial charge in [-0.2, -0.15) is 0 Å². The smallest absolute Gasteiger partial charge is 0.221 e. The van der Waals surface area contributed by atoms with Crippen LogP contribution in [-0.2, 0) is 9.53 Å². The van der Waals surface area contributed by atoms with E-state index in [0.717, 1.165) is 6.42 Å². The van der Waals surface area contributed by atoms with Crippen LogP contribution in [0.5, 0.6) is 0 Å². The van der Waals surface area contributed by atoms with Gasteiger partial charge in [-0.25, -0.2) is 0 Å². The predicted molar refractivity (Wildman–Crippen MR) is 66.5 cm³/mol. The van der Waals surface area contributed by atoms with E-state index in [1.54, 1.807) is 7.11 Å². The van der Waals surface area contributed by atoms with Crippen molar-refractivity contribution >= 4 is 5.91 Å². The molecular formula is C12H26N2O2. The molecule has 4 heteroatoms. The monoisotopic (exact) mass is 230 g/mol. The minimum absolute atomic E-state index is 0.0901. The number of ether oxygens (including phenoxy) is 1. The van der Waals surface area contributed by atoms with Crippen molar-refractivity contribution in [3.05, 3.63) is 0 Å². The molecule has 0 fully saturated rings. The lowest BCUT2D eigenvalue weighted by atomic mass is 10.1. The molecule has 0 radical (unpaired) electrons. The molecule has 1 atom stereocenters. The second kappa shape index (κ2) is 7.63. The molecule has 4 nitrogen and oxygen atoms in total. The SMILES string of the molecule is CCC(COC)NCCC(=O)NC(C)(C)C. The Morgan fingerprint density at radius 3 is 2.44 bits per heavy atom. The summed E-state index contributed by atoms with van der Waals surface area (Å²) in [4.78, 5) is 11.5. The van der Waals surface area contributed by atoms with Gasteiger partial charge in [-0.3, -0.25) is 4.79 Å². The molecule has 0 aliphatic rings. The van der Waals surface area contributed by atoms with Crippen LogP contribution >= 0.6 is 0 Å². The summed E-state index contributed by atoms with van der Waals surface area (Å²) in [5.74, 6) is 0.0901. The first-order valence-electron chi connectivity index (χ1n) is 5.92. The van der Waals surface area contributed by atoms with Gasteiger partial charge in [0.15, 0.2) is 0 Å². The van der Waals surface area contributed by atoms with Crippen LogP contribution in [0.2, 0.25) is 0 Å². The summed E-state index contributed by atoms with van der Waals surface area (Å²) in [6, 6.07) is 0.340. The molecule has 0 saturated carbocycles. The first-order valence-corrected chi connectivity index (χ1v) is 5.92. The van der Waals surface area contributed by atoms with Crippen LogP contribution < -0.4 is 10.6 Å². The zero-order valence-corrected chi connectivity index (χ0v) is 11.2. The number of methoxy groups -OCH3 is 1. The number of rotatable bonds is 7. The molecule has 0 rings (SSSR count). The van der Waals surface area contributed by atoms with Gasteiger partial charge in [0.1, 0.15) is 0 Å². The second-order valence-electron chi connectivity index (χ2n) is 5.06. The van der Waals surface area contributed by atoms with Gasteiger partial charge in [0.05, 0.1) is 6.61 Å². The van der Waals surface area contributed by atoms with Gasteiger partial charge in [-0.15, -0.1) is 0 Å². The molecule has 2 N–H and O–H groups in total. The van der Waals surface area contributed by atoms with Gasteiger partial charge < -0.3 is 15.4 Å². The fourth-order valence-electron chi connectivity index (χ4n) is 1.39.